The SMILES string of the molecule is CC(C)C(Br)C(=O)CC1Cc2ccc3c(c2)[C@]24c5cccc(c5NC2O3)-c2cccc3[nH]cc(c23)-c2cnc(o2)-c2nc(oc24)[C@H](C(C)C)NC1=O. The maximum absolute atomic E-state index is 14.3. The molecule has 0 fully saturated rings. The molecule has 0 saturated heterocycles. The minimum absolute atomic E-state index is 0.00282. The van der Waals surface area contributed by atoms with Gasteiger partial charge in [-0.2, -0.15) is 0 Å². The highest BCUT2D eigenvalue weighted by Crippen LogP contribution is 2.61. The van der Waals surface area contributed by atoms with Crippen molar-refractivity contribution in [2.45, 2.75) is 63.0 Å². The Balaban J connectivity index is 1.28. The number of halogens is 1. The van der Waals surface area contributed by atoms with E-state index in [1.165, 1.54) is 0 Å². The molecule has 1 spiro atoms. The number of ether oxygens (including phenoxy) is 1. The van der Waals surface area contributed by atoms with Crippen molar-refractivity contribution < 1.29 is 23.2 Å². The quantitative estimate of drug-likeness (QED) is 0.150. The number of Topliss-reactive ketones (excluding diaryl/α,β-unsaturated/α-hetero) is 1. The zero-order valence-corrected chi connectivity index (χ0v) is 30.6. The summed E-state index contributed by atoms with van der Waals surface area (Å²) in [5.41, 5.74) is 7.08. The van der Waals surface area contributed by atoms with E-state index < -0.39 is 23.6 Å². The lowest BCUT2D eigenvalue weighted by Gasteiger charge is -2.28. The summed E-state index contributed by atoms with van der Waals surface area (Å²) >= 11 is 3.58. The standard InChI is InChI=1S/C41H36BrN5O5/c1-18(2)32(42)28(48)15-21-13-20-11-12-29-26(14-20)41-25-9-5-8-23(34(25)47-40(41)51-29)22-7-6-10-27-31(22)24(16-43-27)30-17-44-38(50-30)35-36(41)52-39(46-35)33(19(3)4)45-37(21)49/h5-12,14,16-19,21,32-33,40,43,47H,13,15H2,1-4H3,(H,45,49)/t21?,32?,33-,40?,41-/m0/s1. The van der Waals surface area contributed by atoms with Gasteiger partial charge in [0.25, 0.3) is 0 Å². The first-order valence-corrected chi connectivity index (χ1v) is 18.8. The van der Waals surface area contributed by atoms with Crippen LogP contribution >= 0.6 is 15.9 Å². The number of nitrogens with zero attached hydrogens (tertiary/aromatic N) is 2. The average Bonchev–Trinajstić information content (AvgIpc) is 3.95. The van der Waals surface area contributed by atoms with E-state index in [2.05, 4.69) is 74.0 Å². The van der Waals surface area contributed by atoms with Gasteiger partial charge in [0.1, 0.15) is 23.0 Å². The van der Waals surface area contributed by atoms with Crippen LogP contribution in [0.15, 0.2) is 75.8 Å². The van der Waals surface area contributed by atoms with Crippen molar-refractivity contribution in [3.8, 4) is 39.8 Å². The van der Waals surface area contributed by atoms with Gasteiger partial charge < -0.3 is 29.2 Å². The third-order valence-electron chi connectivity index (χ3n) is 11.3. The number of benzene rings is 3. The Kier molecular flexibility index (Phi) is 6.78. The molecule has 1 amide bonds. The van der Waals surface area contributed by atoms with Crippen LogP contribution in [0.5, 0.6) is 5.75 Å². The minimum atomic E-state index is -1.01. The first-order valence-electron chi connectivity index (χ1n) is 17.9. The second-order valence-corrected chi connectivity index (χ2v) is 16.1. The number of carbonyl (C=O) groups excluding carboxylic acids is 2. The van der Waals surface area contributed by atoms with E-state index in [1.807, 2.05) is 46.0 Å². The monoisotopic (exact) mass is 757 g/mol. The van der Waals surface area contributed by atoms with Crippen molar-refractivity contribution in [2.24, 2.45) is 17.8 Å². The number of rotatable bonds is 5. The number of oxazole rings is 2. The maximum Gasteiger partial charge on any atom is 0.249 e. The van der Waals surface area contributed by atoms with Crippen LogP contribution < -0.4 is 15.4 Å². The van der Waals surface area contributed by atoms with Crippen LogP contribution in [-0.4, -0.2) is 37.7 Å². The van der Waals surface area contributed by atoms with Gasteiger partial charge in [0.05, 0.1) is 11.0 Å². The van der Waals surface area contributed by atoms with Gasteiger partial charge in [-0.15, -0.1) is 0 Å². The largest absolute Gasteiger partial charge is 0.469 e. The summed E-state index contributed by atoms with van der Waals surface area (Å²) in [6.07, 6.45) is 3.55. The Bertz CT molecular complexity index is 2480. The molecule has 3 aromatic heterocycles. The van der Waals surface area contributed by atoms with E-state index in [0.29, 0.717) is 41.2 Å². The van der Waals surface area contributed by atoms with Crippen LogP contribution in [-0.2, 0) is 21.4 Å². The van der Waals surface area contributed by atoms with Gasteiger partial charge in [0, 0.05) is 57.4 Å². The smallest absolute Gasteiger partial charge is 0.249 e. The first kappa shape index (κ1) is 31.6. The maximum atomic E-state index is 14.3. The number of nitrogens with one attached hydrogen (secondary N) is 3. The van der Waals surface area contributed by atoms with E-state index >= 15 is 0 Å². The highest BCUT2D eigenvalue weighted by Gasteiger charge is 2.61. The lowest BCUT2D eigenvalue weighted by atomic mass is 9.72. The molecule has 0 saturated carbocycles. The molecule has 4 aliphatic rings. The molecule has 3 unspecified atom stereocenters. The fourth-order valence-corrected chi connectivity index (χ4v) is 8.89. The van der Waals surface area contributed by atoms with Crippen LogP contribution in [0, 0.1) is 17.8 Å². The van der Waals surface area contributed by atoms with Gasteiger partial charge >= 0.3 is 0 Å². The molecule has 262 valence electrons. The van der Waals surface area contributed by atoms with Gasteiger partial charge in [0.15, 0.2) is 23.4 Å². The Hall–Kier alpha value is -5.16. The zero-order chi connectivity index (χ0) is 35.6. The number of amides is 1. The van der Waals surface area contributed by atoms with Crippen LogP contribution in [0.1, 0.15) is 68.5 Å². The second-order valence-electron chi connectivity index (χ2n) is 15.1. The van der Waals surface area contributed by atoms with Crippen molar-refractivity contribution in [3.05, 3.63) is 95.3 Å². The van der Waals surface area contributed by atoms with E-state index in [1.54, 1.807) is 6.20 Å². The lowest BCUT2D eigenvalue weighted by molar-refractivity contribution is -0.130. The molecule has 4 aliphatic heterocycles. The second kappa shape index (κ2) is 11.2. The van der Waals surface area contributed by atoms with E-state index in [9.17, 15) is 9.59 Å². The molecule has 10 rings (SSSR count). The average molecular weight is 759 g/mol. The number of H-pyrrole nitrogens is 1. The summed E-state index contributed by atoms with van der Waals surface area (Å²) in [7, 11) is 0. The van der Waals surface area contributed by atoms with Crippen molar-refractivity contribution in [2.75, 3.05) is 5.32 Å². The molecule has 52 heavy (non-hydrogen) atoms. The van der Waals surface area contributed by atoms with Crippen LogP contribution in [0.3, 0.4) is 0 Å². The Morgan fingerprint density at radius 3 is 2.65 bits per heavy atom. The van der Waals surface area contributed by atoms with Crippen molar-refractivity contribution in [3.63, 3.8) is 0 Å². The summed E-state index contributed by atoms with van der Waals surface area (Å²) in [4.78, 5) is 40.8. The van der Waals surface area contributed by atoms with Crippen LogP contribution in [0.4, 0.5) is 5.69 Å². The fourth-order valence-electron chi connectivity index (χ4n) is 8.70. The van der Waals surface area contributed by atoms with E-state index in [-0.39, 0.29) is 34.8 Å². The molecular weight excluding hydrogens is 722 g/mol. The van der Waals surface area contributed by atoms with Gasteiger partial charge in [-0.25, -0.2) is 9.97 Å². The predicted molar refractivity (Wildman–Crippen MR) is 199 cm³/mol. The molecule has 5 atom stereocenters. The molecule has 3 aromatic carbocycles. The number of aromatic nitrogens is 3. The summed E-state index contributed by atoms with van der Waals surface area (Å²) in [5, 5.41) is 8.07. The number of hydrogen-bond acceptors (Lipinski definition) is 8. The van der Waals surface area contributed by atoms with Crippen molar-refractivity contribution in [1.29, 1.82) is 0 Å². The van der Waals surface area contributed by atoms with Gasteiger partial charge in [-0.1, -0.05) is 86.1 Å². The van der Waals surface area contributed by atoms with Crippen LogP contribution in [0.25, 0.3) is 44.9 Å². The number of alkyl halides is 1. The molecule has 0 radical (unpaired) electrons. The molecule has 10 bridgehead atoms. The number of para-hydroxylation sites is 1. The Morgan fingerprint density at radius 1 is 1.00 bits per heavy atom. The van der Waals surface area contributed by atoms with Gasteiger partial charge in [0.2, 0.25) is 17.7 Å². The van der Waals surface area contributed by atoms with Gasteiger partial charge in [-0.3, -0.25) is 9.59 Å². The third kappa shape index (κ3) is 4.28. The molecule has 0 aliphatic carbocycles. The number of aromatic amines is 1. The lowest BCUT2D eigenvalue weighted by Crippen LogP contribution is -2.40. The highest BCUT2D eigenvalue weighted by molar-refractivity contribution is 9.10. The molecule has 6 aromatic rings. The normalized spacial score (nSPS) is 22.7. The minimum Gasteiger partial charge on any atom is -0.469 e. The van der Waals surface area contributed by atoms with Crippen molar-refractivity contribution >= 4 is 44.2 Å². The van der Waals surface area contributed by atoms with E-state index in [4.69, 9.17) is 23.5 Å². The van der Waals surface area contributed by atoms with Gasteiger partial charge in [-0.05, 0) is 41.5 Å². The molecular formula is C41H36BrN5O5. The van der Waals surface area contributed by atoms with Crippen molar-refractivity contribution in [1.82, 2.24) is 20.3 Å². The topological polar surface area (TPSA) is 135 Å². The zero-order valence-electron chi connectivity index (χ0n) is 29.0. The number of fused-ring (bicyclic) bond motifs is 7. The fraction of sp³-hybridized carbons (Fsp3) is 0.317. The molecule has 7 heterocycles. The summed E-state index contributed by atoms with van der Waals surface area (Å²) in [5.74, 6) is 1.60. The summed E-state index contributed by atoms with van der Waals surface area (Å²) < 4.78 is 20.5. The number of anilines is 1. The first-order chi connectivity index (χ1) is 25.1. The summed E-state index contributed by atoms with van der Waals surface area (Å²) in [6, 6.07) is 18.1. The highest BCUT2D eigenvalue weighted by atomic mass is 79.9. The number of hydrogen-bond donors (Lipinski definition) is 3. The third-order valence-corrected chi connectivity index (χ3v) is 12.8. The molecule has 3 N–H and O–H groups in total. The number of carbonyl (C=O) groups is 2. The number of ketones is 1. The molecule has 10 nitrogen and oxygen atoms in total. The van der Waals surface area contributed by atoms with Crippen LogP contribution in [0.2, 0.25) is 0 Å². The molecule has 11 heteroatoms. The predicted octanol–water partition coefficient (Wildman–Crippen LogP) is 8.30. The summed E-state index contributed by atoms with van der Waals surface area (Å²) in [6.45, 7) is 8.03. The van der Waals surface area contributed by atoms with E-state index in [0.717, 1.165) is 50.0 Å². The Labute approximate surface area is 307 Å². The Morgan fingerprint density at radius 2 is 1.83 bits per heavy atom.